The molecule has 0 saturated heterocycles. The molecule has 0 atom stereocenters. The van der Waals surface area contributed by atoms with Gasteiger partial charge in [0.1, 0.15) is 0 Å². The van der Waals surface area contributed by atoms with Crippen LogP contribution in [-0.4, -0.2) is 9.97 Å². The maximum atomic E-state index is 5.31. The largest absolute Gasteiger partial charge is 0.228 e. The van der Waals surface area contributed by atoms with Crippen molar-refractivity contribution in [1.29, 1.82) is 0 Å². The van der Waals surface area contributed by atoms with Crippen LogP contribution in [0.15, 0.2) is 133 Å². The molecule has 9 aromatic rings. The molecule has 184 valence electrons. The van der Waals surface area contributed by atoms with Crippen LogP contribution >= 0.6 is 0 Å². The Morgan fingerprint density at radius 3 is 1.68 bits per heavy atom. The predicted octanol–water partition coefficient (Wildman–Crippen LogP) is 10.3. The summed E-state index contributed by atoms with van der Waals surface area (Å²) >= 11 is 0. The molecule has 0 radical (unpaired) electrons. The van der Waals surface area contributed by atoms with Gasteiger partial charge in [0.05, 0.1) is 11.0 Å². The maximum Gasteiger partial charge on any atom is 0.161 e. The molecule has 40 heavy (non-hydrogen) atoms. The maximum absolute atomic E-state index is 5.31. The van der Waals surface area contributed by atoms with Crippen molar-refractivity contribution in [3.8, 4) is 0 Å². The highest BCUT2D eigenvalue weighted by atomic mass is 14.9. The van der Waals surface area contributed by atoms with Gasteiger partial charge in [0.2, 0.25) is 0 Å². The summed E-state index contributed by atoms with van der Waals surface area (Å²) < 4.78 is 0. The zero-order valence-electron chi connectivity index (χ0n) is 21.6. The molecule has 0 aliphatic rings. The Kier molecular flexibility index (Phi) is 4.36. The van der Waals surface area contributed by atoms with Gasteiger partial charge in [-0.3, -0.25) is 0 Å². The van der Waals surface area contributed by atoms with Crippen molar-refractivity contribution < 1.29 is 0 Å². The van der Waals surface area contributed by atoms with Crippen LogP contribution in [0.1, 0.15) is 0 Å². The molecule has 0 fully saturated rings. The first kappa shape index (κ1) is 21.6. The number of fused-ring (bicyclic) bond motifs is 16. The first-order valence-electron chi connectivity index (χ1n) is 13.7. The number of para-hydroxylation sites is 1. The van der Waals surface area contributed by atoms with Crippen molar-refractivity contribution in [3.05, 3.63) is 133 Å². The van der Waals surface area contributed by atoms with Gasteiger partial charge in [-0.2, -0.15) is 0 Å². The minimum absolute atomic E-state index is 0.752. The van der Waals surface area contributed by atoms with Crippen LogP contribution in [0.5, 0.6) is 0 Å². The molecule has 2 nitrogen and oxygen atoms in total. The van der Waals surface area contributed by atoms with Crippen molar-refractivity contribution in [2.45, 2.75) is 0 Å². The fourth-order valence-electron chi connectivity index (χ4n) is 6.51. The van der Waals surface area contributed by atoms with Crippen LogP contribution in [0.25, 0.3) is 86.7 Å². The van der Waals surface area contributed by atoms with Crippen molar-refractivity contribution in [1.82, 2.24) is 9.97 Å². The topological polar surface area (TPSA) is 25.8 Å². The standard InChI is InChI=1S/C38H22N2/c1-2-13-29-28(12-1)30-19-18-26-22-34(30)36-31(29)15-7-16-33(36)38-39-35-17-4-3-14-32(35)37(40-38)27-11-6-10-25(21-27)23-8-5-9-24(26)20-23/h1-22H. The summed E-state index contributed by atoms with van der Waals surface area (Å²) in [5, 5.41) is 15.4. The van der Waals surface area contributed by atoms with Gasteiger partial charge in [0, 0.05) is 21.5 Å². The molecule has 2 aromatic heterocycles. The first-order chi connectivity index (χ1) is 19.8. The van der Waals surface area contributed by atoms with Crippen LogP contribution < -0.4 is 0 Å². The zero-order valence-corrected chi connectivity index (χ0v) is 21.6. The molecule has 0 unspecified atom stereocenters. The molecule has 2 heteroatoms. The van der Waals surface area contributed by atoms with E-state index >= 15 is 0 Å². The van der Waals surface area contributed by atoms with E-state index in [-0.39, 0.29) is 0 Å². The molecular weight excluding hydrogens is 484 g/mol. The predicted molar refractivity (Wildman–Crippen MR) is 171 cm³/mol. The molecule has 0 saturated carbocycles. The Labute approximate surface area is 229 Å². The highest BCUT2D eigenvalue weighted by Gasteiger charge is 2.13. The second-order valence-electron chi connectivity index (χ2n) is 10.6. The number of rotatable bonds is 0. The van der Waals surface area contributed by atoms with Gasteiger partial charge in [-0.1, -0.05) is 109 Å². The van der Waals surface area contributed by atoms with Crippen LogP contribution in [0.2, 0.25) is 0 Å². The lowest BCUT2D eigenvalue weighted by molar-refractivity contribution is 1.38. The van der Waals surface area contributed by atoms with E-state index in [1.54, 1.807) is 0 Å². The van der Waals surface area contributed by atoms with E-state index in [4.69, 9.17) is 9.97 Å². The Morgan fingerprint density at radius 1 is 0.325 bits per heavy atom. The third-order valence-corrected chi connectivity index (χ3v) is 8.37. The SMILES string of the molecule is c1cc2cc(c1)c1ccc3c4ccccc4c4cccc(c5nc6ccccc6c(n5)c5cccc2c5)c4c3c1. The monoisotopic (exact) mass is 506 g/mol. The van der Waals surface area contributed by atoms with E-state index < -0.39 is 0 Å². The lowest BCUT2D eigenvalue weighted by Gasteiger charge is -2.13. The van der Waals surface area contributed by atoms with Gasteiger partial charge in [0.15, 0.2) is 5.65 Å². The zero-order chi connectivity index (χ0) is 26.2. The second kappa shape index (κ2) is 8.08. The normalized spacial score (nSPS) is 12.0. The van der Waals surface area contributed by atoms with Crippen molar-refractivity contribution >= 4 is 86.7 Å². The van der Waals surface area contributed by atoms with Crippen LogP contribution in [0.4, 0.5) is 0 Å². The highest BCUT2D eigenvalue weighted by Crippen LogP contribution is 2.39. The summed E-state index contributed by atoms with van der Waals surface area (Å²) in [6.07, 6.45) is 0. The molecular formula is C38H22N2. The molecule has 8 bridgehead atoms. The summed E-state index contributed by atoms with van der Waals surface area (Å²) in [4.78, 5) is 10.5. The number of benzene rings is 7. The fraction of sp³-hybridized carbons (Fsp3) is 0. The molecule has 0 aliphatic heterocycles. The summed E-state index contributed by atoms with van der Waals surface area (Å²) in [5.41, 5.74) is 2.66. The molecule has 0 amide bonds. The minimum atomic E-state index is 0.752. The van der Waals surface area contributed by atoms with Crippen molar-refractivity contribution in [3.63, 3.8) is 0 Å². The Morgan fingerprint density at radius 2 is 0.875 bits per heavy atom. The number of hydrogen-bond donors (Lipinski definition) is 0. The molecule has 7 aromatic carbocycles. The average Bonchev–Trinajstić information content (AvgIpc) is 3.03. The Bertz CT molecular complexity index is 2540. The highest BCUT2D eigenvalue weighted by molar-refractivity contribution is 6.31. The smallest absolute Gasteiger partial charge is 0.161 e. The summed E-state index contributed by atoms with van der Waals surface area (Å²) in [6.45, 7) is 0. The van der Waals surface area contributed by atoms with Crippen molar-refractivity contribution in [2.24, 2.45) is 0 Å². The number of hydrogen-bond acceptors (Lipinski definition) is 2. The minimum Gasteiger partial charge on any atom is -0.228 e. The van der Waals surface area contributed by atoms with Gasteiger partial charge in [-0.05, 0) is 72.7 Å². The number of nitrogens with zero attached hydrogens (tertiary/aromatic N) is 2. The van der Waals surface area contributed by atoms with E-state index in [2.05, 4.69) is 133 Å². The van der Waals surface area contributed by atoms with Gasteiger partial charge < -0.3 is 0 Å². The lowest BCUT2D eigenvalue weighted by atomic mass is 9.91. The van der Waals surface area contributed by atoms with Crippen LogP contribution in [0, 0.1) is 0 Å². The van der Waals surface area contributed by atoms with E-state index in [0.717, 1.165) is 32.8 Å². The molecule has 2 heterocycles. The lowest BCUT2D eigenvalue weighted by Crippen LogP contribution is -1.90. The average molecular weight is 507 g/mol. The summed E-state index contributed by atoms with van der Waals surface area (Å²) in [7, 11) is 0. The van der Waals surface area contributed by atoms with Crippen LogP contribution in [0.3, 0.4) is 0 Å². The number of aromatic nitrogens is 2. The summed E-state index contributed by atoms with van der Waals surface area (Å²) in [6, 6.07) is 48.2. The third-order valence-electron chi connectivity index (χ3n) is 8.37. The van der Waals surface area contributed by atoms with Gasteiger partial charge in [-0.15, -0.1) is 0 Å². The molecule has 0 aliphatic carbocycles. The first-order valence-corrected chi connectivity index (χ1v) is 13.7. The second-order valence-corrected chi connectivity index (χ2v) is 10.6. The van der Waals surface area contributed by atoms with E-state index in [1.807, 2.05) is 0 Å². The van der Waals surface area contributed by atoms with E-state index in [9.17, 15) is 0 Å². The van der Waals surface area contributed by atoms with E-state index in [1.165, 1.54) is 53.9 Å². The fourth-order valence-corrected chi connectivity index (χ4v) is 6.51. The van der Waals surface area contributed by atoms with Gasteiger partial charge >= 0.3 is 0 Å². The molecule has 0 N–H and O–H groups in total. The van der Waals surface area contributed by atoms with Crippen LogP contribution in [-0.2, 0) is 0 Å². The van der Waals surface area contributed by atoms with E-state index in [0.29, 0.717) is 0 Å². The third kappa shape index (κ3) is 3.05. The Hall–Kier alpha value is -5.34. The molecule has 0 spiro atoms. The van der Waals surface area contributed by atoms with Gasteiger partial charge in [0.25, 0.3) is 0 Å². The quantitative estimate of drug-likeness (QED) is 0.191. The Balaban J connectivity index is 1.68. The summed E-state index contributed by atoms with van der Waals surface area (Å²) in [5.74, 6) is 0. The van der Waals surface area contributed by atoms with Gasteiger partial charge in [-0.25, -0.2) is 9.97 Å². The molecule has 9 rings (SSSR count). The van der Waals surface area contributed by atoms with Crippen molar-refractivity contribution in [2.75, 3.05) is 0 Å².